The average molecular weight is 325 g/mol. The van der Waals surface area contributed by atoms with E-state index >= 15 is 0 Å². The van der Waals surface area contributed by atoms with Crippen molar-refractivity contribution in [2.24, 2.45) is 0 Å². The third-order valence-corrected chi connectivity index (χ3v) is 3.08. The number of amides is 1. The van der Waals surface area contributed by atoms with E-state index in [-0.39, 0.29) is 11.7 Å². The lowest BCUT2D eigenvalue weighted by Gasteiger charge is -2.08. The Labute approximate surface area is 117 Å². The molecule has 0 unspecified atom stereocenters. The van der Waals surface area contributed by atoms with E-state index in [1.54, 1.807) is 18.2 Å². The predicted octanol–water partition coefficient (Wildman–Crippen LogP) is 3.24. The van der Waals surface area contributed by atoms with Gasteiger partial charge in [-0.2, -0.15) is 0 Å². The first kappa shape index (κ1) is 13.5. The molecule has 98 valence electrons. The summed E-state index contributed by atoms with van der Waals surface area (Å²) in [6.45, 7) is 0. The Morgan fingerprint density at radius 3 is 2.79 bits per heavy atom. The van der Waals surface area contributed by atoms with Crippen LogP contribution in [0.15, 0.2) is 41.0 Å². The Kier molecular flexibility index (Phi) is 4.11. The van der Waals surface area contributed by atoms with Crippen LogP contribution in [0.3, 0.4) is 0 Å². The molecule has 0 aliphatic heterocycles. The van der Waals surface area contributed by atoms with E-state index < -0.39 is 5.82 Å². The molecule has 2 aromatic rings. The largest absolute Gasteiger partial charge is 0.497 e. The topological polar surface area (TPSA) is 51.2 Å². The number of carbonyl (C=O) groups excluding carboxylic acids is 1. The molecular formula is C13H10BrFN2O2. The van der Waals surface area contributed by atoms with Crippen molar-refractivity contribution < 1.29 is 13.9 Å². The molecule has 1 N–H and O–H groups in total. The van der Waals surface area contributed by atoms with Gasteiger partial charge in [-0.15, -0.1) is 0 Å². The summed E-state index contributed by atoms with van der Waals surface area (Å²) in [5, 5.41) is 2.58. The molecule has 0 radical (unpaired) electrons. The quantitative estimate of drug-likeness (QED) is 0.942. The van der Waals surface area contributed by atoms with E-state index in [4.69, 9.17) is 4.74 Å². The lowest BCUT2D eigenvalue weighted by Crippen LogP contribution is -2.13. The highest BCUT2D eigenvalue weighted by Crippen LogP contribution is 2.23. The molecule has 1 aromatic carbocycles. The van der Waals surface area contributed by atoms with Crippen LogP contribution in [0.5, 0.6) is 5.75 Å². The molecule has 0 aliphatic rings. The zero-order valence-electron chi connectivity index (χ0n) is 9.98. The number of methoxy groups -OCH3 is 1. The molecule has 1 heterocycles. The number of nitrogens with zero attached hydrogens (tertiary/aromatic N) is 1. The van der Waals surface area contributed by atoms with Gasteiger partial charge >= 0.3 is 0 Å². The van der Waals surface area contributed by atoms with Crippen molar-refractivity contribution in [3.05, 3.63) is 52.4 Å². The minimum Gasteiger partial charge on any atom is -0.497 e. The number of halogens is 2. The molecule has 4 nitrogen and oxygen atoms in total. The zero-order chi connectivity index (χ0) is 13.8. The van der Waals surface area contributed by atoms with Crippen LogP contribution in [0, 0.1) is 5.82 Å². The summed E-state index contributed by atoms with van der Waals surface area (Å²) < 4.78 is 18.4. The Morgan fingerprint density at radius 2 is 2.16 bits per heavy atom. The second-order valence-electron chi connectivity index (χ2n) is 3.66. The van der Waals surface area contributed by atoms with Gasteiger partial charge in [0.05, 0.1) is 18.9 Å². The maximum Gasteiger partial charge on any atom is 0.258 e. The Morgan fingerprint density at radius 1 is 1.37 bits per heavy atom. The number of hydrogen-bond donors (Lipinski definition) is 1. The highest BCUT2D eigenvalue weighted by molar-refractivity contribution is 9.10. The van der Waals surface area contributed by atoms with E-state index in [9.17, 15) is 9.18 Å². The molecule has 0 fully saturated rings. The standard InChI is InChI=1S/C13H10BrFN2O2/c1-19-9-3-4-11(14)10(6-9)13(18)17-12-5-2-8(15)7-16-12/h2-7H,1H3,(H,16,17,18). The number of benzene rings is 1. The van der Waals surface area contributed by atoms with E-state index in [0.717, 1.165) is 6.20 Å². The molecule has 2 rings (SSSR count). The molecule has 0 saturated carbocycles. The van der Waals surface area contributed by atoms with Gasteiger partial charge in [0.1, 0.15) is 17.4 Å². The first-order valence-electron chi connectivity index (χ1n) is 5.36. The first-order valence-corrected chi connectivity index (χ1v) is 6.16. The number of anilines is 1. The van der Waals surface area contributed by atoms with Gasteiger partial charge in [0.2, 0.25) is 0 Å². The SMILES string of the molecule is COc1ccc(Br)c(C(=O)Nc2ccc(F)cn2)c1. The summed E-state index contributed by atoms with van der Waals surface area (Å²) in [4.78, 5) is 15.8. The van der Waals surface area contributed by atoms with Crippen LogP contribution in [-0.4, -0.2) is 18.0 Å². The fraction of sp³-hybridized carbons (Fsp3) is 0.0769. The van der Waals surface area contributed by atoms with Gasteiger partial charge in [-0.25, -0.2) is 9.37 Å². The number of pyridine rings is 1. The lowest BCUT2D eigenvalue weighted by molar-refractivity contribution is 0.102. The Hall–Kier alpha value is -1.95. The third kappa shape index (κ3) is 3.29. The number of rotatable bonds is 3. The number of nitrogens with one attached hydrogen (secondary N) is 1. The predicted molar refractivity (Wildman–Crippen MR) is 72.8 cm³/mol. The fourth-order valence-electron chi connectivity index (χ4n) is 1.44. The van der Waals surface area contributed by atoms with Gasteiger partial charge in [0.25, 0.3) is 5.91 Å². The van der Waals surface area contributed by atoms with Gasteiger partial charge in [-0.3, -0.25) is 4.79 Å². The second-order valence-corrected chi connectivity index (χ2v) is 4.52. The third-order valence-electron chi connectivity index (χ3n) is 2.39. The fourth-order valence-corrected chi connectivity index (χ4v) is 1.87. The molecule has 0 atom stereocenters. The maximum atomic E-state index is 12.7. The van der Waals surface area contributed by atoms with Gasteiger partial charge in [0.15, 0.2) is 0 Å². The van der Waals surface area contributed by atoms with Crippen LogP contribution in [0.25, 0.3) is 0 Å². The minimum atomic E-state index is -0.458. The number of carbonyl (C=O) groups is 1. The van der Waals surface area contributed by atoms with Crippen molar-refractivity contribution in [3.63, 3.8) is 0 Å². The van der Waals surface area contributed by atoms with Crippen LogP contribution in [0.1, 0.15) is 10.4 Å². The monoisotopic (exact) mass is 324 g/mol. The maximum absolute atomic E-state index is 12.7. The second kappa shape index (κ2) is 5.79. The molecule has 0 aliphatic carbocycles. The number of hydrogen-bond acceptors (Lipinski definition) is 3. The molecule has 0 saturated heterocycles. The average Bonchev–Trinajstić information content (AvgIpc) is 2.42. The van der Waals surface area contributed by atoms with Gasteiger partial charge in [-0.05, 0) is 46.3 Å². The molecule has 0 spiro atoms. The van der Waals surface area contributed by atoms with Crippen molar-refractivity contribution in [3.8, 4) is 5.75 Å². The highest BCUT2D eigenvalue weighted by atomic mass is 79.9. The van der Waals surface area contributed by atoms with E-state index in [2.05, 4.69) is 26.2 Å². The van der Waals surface area contributed by atoms with Crippen LogP contribution in [0.4, 0.5) is 10.2 Å². The summed E-state index contributed by atoms with van der Waals surface area (Å²) in [7, 11) is 1.52. The van der Waals surface area contributed by atoms with Gasteiger partial charge in [-0.1, -0.05) is 0 Å². The van der Waals surface area contributed by atoms with Crippen LogP contribution in [0.2, 0.25) is 0 Å². The Balaban J connectivity index is 2.22. The van der Waals surface area contributed by atoms with Crippen molar-refractivity contribution in [1.82, 2.24) is 4.98 Å². The summed E-state index contributed by atoms with van der Waals surface area (Å²) >= 11 is 3.29. The molecule has 6 heteroatoms. The smallest absolute Gasteiger partial charge is 0.258 e. The summed E-state index contributed by atoms with van der Waals surface area (Å²) in [5.41, 5.74) is 0.408. The number of aromatic nitrogens is 1. The van der Waals surface area contributed by atoms with E-state index in [1.807, 2.05) is 0 Å². The summed E-state index contributed by atoms with van der Waals surface area (Å²) in [5.74, 6) is 0.0342. The normalized spacial score (nSPS) is 10.1. The summed E-state index contributed by atoms with van der Waals surface area (Å²) in [6, 6.07) is 7.66. The molecule has 1 amide bonds. The molecule has 0 bridgehead atoms. The minimum absolute atomic E-state index is 0.279. The van der Waals surface area contributed by atoms with Crippen molar-refractivity contribution >= 4 is 27.7 Å². The zero-order valence-corrected chi connectivity index (χ0v) is 11.6. The molecular weight excluding hydrogens is 315 g/mol. The van der Waals surface area contributed by atoms with E-state index in [1.165, 1.54) is 19.2 Å². The molecule has 1 aromatic heterocycles. The summed E-state index contributed by atoms with van der Waals surface area (Å²) in [6.07, 6.45) is 1.04. The Bertz CT molecular complexity index is 602. The van der Waals surface area contributed by atoms with Gasteiger partial charge < -0.3 is 10.1 Å². The van der Waals surface area contributed by atoms with E-state index in [0.29, 0.717) is 15.8 Å². The van der Waals surface area contributed by atoms with Crippen LogP contribution in [-0.2, 0) is 0 Å². The van der Waals surface area contributed by atoms with Crippen molar-refractivity contribution in [1.29, 1.82) is 0 Å². The van der Waals surface area contributed by atoms with Gasteiger partial charge in [0, 0.05) is 4.47 Å². The van der Waals surface area contributed by atoms with Crippen molar-refractivity contribution in [2.45, 2.75) is 0 Å². The first-order chi connectivity index (χ1) is 9.10. The number of ether oxygens (including phenoxy) is 1. The molecule has 19 heavy (non-hydrogen) atoms. The van der Waals surface area contributed by atoms with Crippen molar-refractivity contribution in [2.75, 3.05) is 12.4 Å². The highest BCUT2D eigenvalue weighted by Gasteiger charge is 2.12. The van der Waals surface area contributed by atoms with Crippen LogP contribution >= 0.6 is 15.9 Å². The lowest BCUT2D eigenvalue weighted by atomic mass is 10.2. The van der Waals surface area contributed by atoms with Crippen LogP contribution < -0.4 is 10.1 Å².